The molecule has 0 saturated heterocycles. The number of hydrogen-bond donors (Lipinski definition) is 0. The van der Waals surface area contributed by atoms with Crippen molar-refractivity contribution in [3.63, 3.8) is 0 Å². The van der Waals surface area contributed by atoms with Crippen molar-refractivity contribution in [2.24, 2.45) is 0 Å². The van der Waals surface area contributed by atoms with E-state index < -0.39 is 24.6 Å². The molecule has 0 radical (unpaired) electrons. The Labute approximate surface area is 96.4 Å². The van der Waals surface area contributed by atoms with E-state index in [1.807, 2.05) is 0 Å². The van der Waals surface area contributed by atoms with Crippen LogP contribution in [0.25, 0.3) is 0 Å². The van der Waals surface area contributed by atoms with Gasteiger partial charge < -0.3 is 0 Å². The molecule has 0 unspecified atom stereocenters. The molecule has 0 saturated carbocycles. The van der Waals surface area contributed by atoms with Crippen LogP contribution in [-0.4, -0.2) is 18.1 Å². The zero-order valence-electron chi connectivity index (χ0n) is 9.01. The summed E-state index contributed by atoms with van der Waals surface area (Å²) in [6.07, 6.45) is -3.89. The number of rotatable bonds is 6. The molecule has 5 heteroatoms. The molecular formula is C12H12F4O. The minimum absolute atomic E-state index is 0.144. The molecule has 0 atom stereocenters. The van der Waals surface area contributed by atoms with E-state index in [2.05, 4.69) is 0 Å². The summed E-state index contributed by atoms with van der Waals surface area (Å²) in [6.45, 7) is 0. The Hall–Kier alpha value is -1.39. The van der Waals surface area contributed by atoms with Gasteiger partial charge >= 0.3 is 12.3 Å². The number of aryl methyl sites for hydroxylation is 1. The van der Waals surface area contributed by atoms with Crippen molar-refractivity contribution >= 4 is 5.78 Å². The number of benzene rings is 1. The summed E-state index contributed by atoms with van der Waals surface area (Å²) < 4.78 is 48.8. The van der Waals surface area contributed by atoms with Gasteiger partial charge in [0.15, 0.2) is 0 Å². The average Bonchev–Trinajstić information content (AvgIpc) is 2.30. The zero-order chi connectivity index (χ0) is 12.9. The second-order valence-corrected chi connectivity index (χ2v) is 3.69. The van der Waals surface area contributed by atoms with E-state index in [0.29, 0.717) is 6.42 Å². The van der Waals surface area contributed by atoms with Gasteiger partial charge in [-0.25, -0.2) is 8.78 Å². The third kappa shape index (κ3) is 3.84. The summed E-state index contributed by atoms with van der Waals surface area (Å²) in [5.74, 6) is -6.21. The normalized spacial score (nSPS) is 11.8. The topological polar surface area (TPSA) is 17.1 Å². The number of hydrogen-bond acceptors (Lipinski definition) is 1. The first-order valence-corrected chi connectivity index (χ1v) is 5.17. The SMILES string of the molecule is O=C(CCCc1ccccc1)C(F)(F)C(F)F. The van der Waals surface area contributed by atoms with Crippen LogP contribution in [0.4, 0.5) is 17.6 Å². The molecule has 1 aromatic carbocycles. The Bertz CT molecular complexity index is 362. The molecule has 94 valence electrons. The van der Waals surface area contributed by atoms with Gasteiger partial charge in [0.25, 0.3) is 0 Å². The van der Waals surface area contributed by atoms with E-state index in [1.54, 1.807) is 30.3 Å². The van der Waals surface area contributed by atoms with Gasteiger partial charge in [-0.3, -0.25) is 4.79 Å². The van der Waals surface area contributed by atoms with Gasteiger partial charge in [0, 0.05) is 6.42 Å². The number of halogens is 4. The maximum Gasteiger partial charge on any atom is 0.364 e. The lowest BCUT2D eigenvalue weighted by Gasteiger charge is -2.13. The molecule has 1 aromatic rings. The van der Waals surface area contributed by atoms with Gasteiger partial charge in [-0.2, -0.15) is 8.78 Å². The number of ketones is 1. The summed E-state index contributed by atoms with van der Waals surface area (Å²) in [7, 11) is 0. The number of carbonyl (C=O) groups excluding carboxylic acids is 1. The Balaban J connectivity index is 2.40. The molecular weight excluding hydrogens is 236 g/mol. The average molecular weight is 248 g/mol. The van der Waals surface area contributed by atoms with Crippen molar-refractivity contribution in [1.82, 2.24) is 0 Å². The number of Topliss-reactive ketones (excluding diaryl/α,β-unsaturated/α-hetero) is 1. The van der Waals surface area contributed by atoms with E-state index >= 15 is 0 Å². The molecule has 17 heavy (non-hydrogen) atoms. The van der Waals surface area contributed by atoms with Crippen LogP contribution in [0, 0.1) is 0 Å². The third-order valence-corrected chi connectivity index (χ3v) is 2.36. The highest BCUT2D eigenvalue weighted by molar-refractivity contribution is 5.86. The fourth-order valence-corrected chi connectivity index (χ4v) is 1.39. The molecule has 0 amide bonds. The van der Waals surface area contributed by atoms with Crippen LogP contribution in [0.5, 0.6) is 0 Å². The Kier molecular flexibility index (Phi) is 4.66. The maximum absolute atomic E-state index is 12.6. The number of alkyl halides is 4. The fraction of sp³-hybridized carbons (Fsp3) is 0.417. The molecule has 0 bridgehead atoms. The highest BCUT2D eigenvalue weighted by Crippen LogP contribution is 2.25. The molecule has 0 heterocycles. The largest absolute Gasteiger partial charge is 0.364 e. The van der Waals surface area contributed by atoms with Crippen LogP contribution in [-0.2, 0) is 11.2 Å². The molecule has 0 N–H and O–H groups in total. The van der Waals surface area contributed by atoms with E-state index in [4.69, 9.17) is 0 Å². The van der Waals surface area contributed by atoms with Crippen molar-refractivity contribution in [3.05, 3.63) is 35.9 Å². The van der Waals surface area contributed by atoms with Crippen molar-refractivity contribution in [2.75, 3.05) is 0 Å². The van der Waals surface area contributed by atoms with Crippen LogP contribution in [0.2, 0.25) is 0 Å². The molecule has 0 spiro atoms. The smallest absolute Gasteiger partial charge is 0.293 e. The fourth-order valence-electron chi connectivity index (χ4n) is 1.39. The van der Waals surface area contributed by atoms with Crippen molar-refractivity contribution in [3.8, 4) is 0 Å². The first-order valence-electron chi connectivity index (χ1n) is 5.17. The third-order valence-electron chi connectivity index (χ3n) is 2.36. The zero-order valence-corrected chi connectivity index (χ0v) is 9.01. The molecule has 1 nitrogen and oxygen atoms in total. The highest BCUT2D eigenvalue weighted by Gasteiger charge is 2.47. The van der Waals surface area contributed by atoms with Crippen LogP contribution in [0.15, 0.2) is 30.3 Å². The second kappa shape index (κ2) is 5.80. The quantitative estimate of drug-likeness (QED) is 0.704. The lowest BCUT2D eigenvalue weighted by Crippen LogP contribution is -2.36. The van der Waals surface area contributed by atoms with Crippen LogP contribution >= 0.6 is 0 Å². The summed E-state index contributed by atoms with van der Waals surface area (Å²) in [5.41, 5.74) is 0.890. The first kappa shape index (κ1) is 13.7. The van der Waals surface area contributed by atoms with Gasteiger partial charge in [0.1, 0.15) is 0 Å². The predicted octanol–water partition coefficient (Wildman–Crippen LogP) is 3.48. The lowest BCUT2D eigenvalue weighted by atomic mass is 10.0. The van der Waals surface area contributed by atoms with Gasteiger partial charge in [-0.1, -0.05) is 30.3 Å². The summed E-state index contributed by atoms with van der Waals surface area (Å²) >= 11 is 0. The van der Waals surface area contributed by atoms with E-state index in [1.165, 1.54) is 0 Å². The monoisotopic (exact) mass is 248 g/mol. The van der Waals surface area contributed by atoms with Gasteiger partial charge in [0.2, 0.25) is 5.78 Å². The molecule has 0 aromatic heterocycles. The van der Waals surface area contributed by atoms with Crippen LogP contribution in [0.1, 0.15) is 18.4 Å². The van der Waals surface area contributed by atoms with E-state index in [0.717, 1.165) is 5.56 Å². The minimum Gasteiger partial charge on any atom is -0.293 e. The highest BCUT2D eigenvalue weighted by atomic mass is 19.3. The van der Waals surface area contributed by atoms with Gasteiger partial charge in [0.05, 0.1) is 0 Å². The summed E-state index contributed by atoms with van der Waals surface area (Å²) in [4.78, 5) is 10.9. The predicted molar refractivity (Wildman–Crippen MR) is 55.3 cm³/mol. The Morgan fingerprint density at radius 2 is 1.76 bits per heavy atom. The van der Waals surface area contributed by atoms with Crippen molar-refractivity contribution in [2.45, 2.75) is 31.6 Å². The Morgan fingerprint density at radius 1 is 1.18 bits per heavy atom. The lowest BCUT2D eigenvalue weighted by molar-refractivity contribution is -0.167. The number of carbonyl (C=O) groups is 1. The molecule has 0 aliphatic carbocycles. The van der Waals surface area contributed by atoms with Crippen LogP contribution in [0.3, 0.4) is 0 Å². The second-order valence-electron chi connectivity index (χ2n) is 3.69. The standard InChI is InChI=1S/C12H12F4O/c13-11(14)12(15,16)10(17)8-4-7-9-5-2-1-3-6-9/h1-3,5-6,11H,4,7-8H2. The first-order chi connectivity index (χ1) is 7.94. The maximum atomic E-state index is 12.6. The molecule has 0 aliphatic heterocycles. The molecule has 0 aliphatic rings. The van der Waals surface area contributed by atoms with Gasteiger partial charge in [-0.15, -0.1) is 0 Å². The van der Waals surface area contributed by atoms with E-state index in [-0.39, 0.29) is 6.42 Å². The summed E-state index contributed by atoms with van der Waals surface area (Å²) in [6, 6.07) is 8.95. The van der Waals surface area contributed by atoms with Crippen molar-refractivity contribution in [1.29, 1.82) is 0 Å². The van der Waals surface area contributed by atoms with Crippen LogP contribution < -0.4 is 0 Å². The minimum atomic E-state index is -4.52. The Morgan fingerprint density at radius 3 is 2.29 bits per heavy atom. The van der Waals surface area contributed by atoms with E-state index in [9.17, 15) is 22.4 Å². The summed E-state index contributed by atoms with van der Waals surface area (Å²) in [5, 5.41) is 0. The van der Waals surface area contributed by atoms with Crippen molar-refractivity contribution < 1.29 is 22.4 Å². The molecule has 1 rings (SSSR count). The molecule has 0 fully saturated rings. The van der Waals surface area contributed by atoms with Gasteiger partial charge in [-0.05, 0) is 18.4 Å².